The van der Waals surface area contributed by atoms with Crippen molar-refractivity contribution in [1.82, 2.24) is 15.0 Å². The SMILES string of the molecule is CC.CC.Cc1ccc(-c2nc(-c3ccc(C)cc3C)nc(-c3ccc(C)cc3O)n2)c(C)c1. The van der Waals surface area contributed by atoms with Crippen molar-refractivity contribution in [3.05, 3.63) is 82.4 Å². The molecular weight excluding hydrogens is 418 g/mol. The number of phenols is 1. The number of aryl methyl sites for hydroxylation is 5. The van der Waals surface area contributed by atoms with Gasteiger partial charge in [0.05, 0.1) is 5.56 Å². The van der Waals surface area contributed by atoms with E-state index in [4.69, 9.17) is 15.0 Å². The Bertz CT molecular complexity index is 1090. The van der Waals surface area contributed by atoms with Gasteiger partial charge in [0.2, 0.25) is 0 Å². The highest BCUT2D eigenvalue weighted by Crippen LogP contribution is 2.32. The second-order valence-corrected chi connectivity index (χ2v) is 7.96. The number of benzene rings is 3. The molecule has 0 unspecified atom stereocenters. The maximum Gasteiger partial charge on any atom is 0.167 e. The van der Waals surface area contributed by atoms with E-state index in [0.717, 1.165) is 27.8 Å². The summed E-state index contributed by atoms with van der Waals surface area (Å²) in [4.78, 5) is 14.3. The summed E-state index contributed by atoms with van der Waals surface area (Å²) in [6.45, 7) is 18.2. The average molecular weight is 456 g/mol. The van der Waals surface area contributed by atoms with Crippen molar-refractivity contribution < 1.29 is 5.11 Å². The summed E-state index contributed by atoms with van der Waals surface area (Å²) in [5.41, 5.74) is 8.09. The first-order valence-corrected chi connectivity index (χ1v) is 12.0. The van der Waals surface area contributed by atoms with Crippen LogP contribution in [0.5, 0.6) is 5.75 Å². The molecule has 0 atom stereocenters. The number of aromatic nitrogens is 3. The highest BCUT2D eigenvalue weighted by atomic mass is 16.3. The van der Waals surface area contributed by atoms with Crippen molar-refractivity contribution in [2.45, 2.75) is 62.3 Å². The minimum absolute atomic E-state index is 0.166. The van der Waals surface area contributed by atoms with E-state index < -0.39 is 0 Å². The Labute approximate surface area is 204 Å². The van der Waals surface area contributed by atoms with Crippen LogP contribution in [0.4, 0.5) is 0 Å². The van der Waals surface area contributed by atoms with Gasteiger partial charge in [0.1, 0.15) is 5.75 Å². The van der Waals surface area contributed by atoms with E-state index in [2.05, 4.69) is 52.0 Å². The van der Waals surface area contributed by atoms with Crippen molar-refractivity contribution in [3.8, 4) is 39.9 Å². The molecule has 1 N–H and O–H groups in total. The summed E-state index contributed by atoms with van der Waals surface area (Å²) in [5, 5.41) is 10.5. The Kier molecular flexibility index (Phi) is 9.49. The lowest BCUT2D eigenvalue weighted by molar-refractivity contribution is 0.476. The summed E-state index contributed by atoms with van der Waals surface area (Å²) in [6.07, 6.45) is 0. The van der Waals surface area contributed by atoms with Crippen LogP contribution in [0.15, 0.2) is 54.6 Å². The largest absolute Gasteiger partial charge is 0.507 e. The van der Waals surface area contributed by atoms with Crippen LogP contribution in [0.3, 0.4) is 0 Å². The lowest BCUT2D eigenvalue weighted by Crippen LogP contribution is -2.02. The normalized spacial score (nSPS) is 10.0. The zero-order valence-corrected chi connectivity index (χ0v) is 22.0. The number of hydrogen-bond acceptors (Lipinski definition) is 4. The summed E-state index contributed by atoms with van der Waals surface area (Å²) < 4.78 is 0. The van der Waals surface area contributed by atoms with E-state index in [1.165, 1.54) is 11.1 Å². The van der Waals surface area contributed by atoms with Crippen LogP contribution in [0.2, 0.25) is 0 Å². The van der Waals surface area contributed by atoms with Crippen molar-refractivity contribution >= 4 is 0 Å². The standard InChI is InChI=1S/C26H25N3O.2C2H6/c1-15-6-9-20(18(4)12-15)24-27-25(21-10-7-16(2)13-19(21)5)29-26(28-24)22-11-8-17(3)14-23(22)30;2*1-2/h6-14,30H,1-5H3;2*1-2H3. The second kappa shape index (κ2) is 12.1. The van der Waals surface area contributed by atoms with E-state index in [1.54, 1.807) is 6.07 Å². The van der Waals surface area contributed by atoms with Crippen molar-refractivity contribution in [2.75, 3.05) is 0 Å². The van der Waals surface area contributed by atoms with Gasteiger partial charge in [-0.1, -0.05) is 81.3 Å². The molecule has 0 radical (unpaired) electrons. The quantitative estimate of drug-likeness (QED) is 0.338. The van der Waals surface area contributed by atoms with Gasteiger partial charge in [-0.2, -0.15) is 0 Å². The predicted octanol–water partition coefficient (Wildman–Crippen LogP) is 8.17. The highest BCUT2D eigenvalue weighted by molar-refractivity contribution is 5.72. The van der Waals surface area contributed by atoms with Gasteiger partial charge < -0.3 is 5.11 Å². The van der Waals surface area contributed by atoms with Gasteiger partial charge in [-0.05, 0) is 63.4 Å². The van der Waals surface area contributed by atoms with Gasteiger partial charge >= 0.3 is 0 Å². The van der Waals surface area contributed by atoms with E-state index in [1.807, 2.05) is 58.9 Å². The fourth-order valence-corrected chi connectivity index (χ4v) is 3.70. The fourth-order valence-electron chi connectivity index (χ4n) is 3.70. The van der Waals surface area contributed by atoms with Crippen LogP contribution in [0, 0.1) is 34.6 Å². The summed E-state index contributed by atoms with van der Waals surface area (Å²) in [6, 6.07) is 18.0. The van der Waals surface area contributed by atoms with Gasteiger partial charge in [0, 0.05) is 11.1 Å². The molecule has 0 amide bonds. The maximum absolute atomic E-state index is 10.5. The zero-order chi connectivity index (χ0) is 25.4. The number of phenolic OH excluding ortho intramolecular Hbond substituents is 1. The minimum Gasteiger partial charge on any atom is -0.507 e. The molecule has 0 fully saturated rings. The molecule has 1 aromatic heterocycles. The molecule has 4 aromatic rings. The van der Waals surface area contributed by atoms with Crippen molar-refractivity contribution in [1.29, 1.82) is 0 Å². The first-order chi connectivity index (χ1) is 16.3. The van der Waals surface area contributed by atoms with E-state index in [-0.39, 0.29) is 5.75 Å². The lowest BCUT2D eigenvalue weighted by atomic mass is 10.0. The van der Waals surface area contributed by atoms with Crippen LogP contribution in [0.1, 0.15) is 55.5 Å². The summed E-state index contributed by atoms with van der Waals surface area (Å²) in [5.74, 6) is 1.84. The van der Waals surface area contributed by atoms with Gasteiger partial charge in [-0.15, -0.1) is 0 Å². The first-order valence-electron chi connectivity index (χ1n) is 12.0. The molecule has 0 spiro atoms. The number of aromatic hydroxyl groups is 1. The summed E-state index contributed by atoms with van der Waals surface area (Å²) >= 11 is 0. The maximum atomic E-state index is 10.5. The molecule has 178 valence electrons. The molecule has 4 heteroatoms. The third-order valence-corrected chi connectivity index (χ3v) is 5.28. The van der Waals surface area contributed by atoms with Crippen LogP contribution in [-0.2, 0) is 0 Å². The number of rotatable bonds is 3. The molecule has 0 aliphatic carbocycles. The van der Waals surface area contributed by atoms with Crippen molar-refractivity contribution in [3.63, 3.8) is 0 Å². The van der Waals surface area contributed by atoms with Gasteiger partial charge in [-0.3, -0.25) is 0 Å². The molecule has 4 nitrogen and oxygen atoms in total. The molecule has 4 rings (SSSR count). The molecule has 0 aliphatic heterocycles. The zero-order valence-electron chi connectivity index (χ0n) is 22.0. The van der Waals surface area contributed by atoms with E-state index in [9.17, 15) is 5.11 Å². The minimum atomic E-state index is 0.166. The molecule has 3 aromatic carbocycles. The Balaban J connectivity index is 0.000000970. The predicted molar refractivity (Wildman–Crippen MR) is 144 cm³/mol. The Morgan fingerprint density at radius 1 is 0.471 bits per heavy atom. The van der Waals surface area contributed by atoms with Crippen LogP contribution in [-0.4, -0.2) is 20.1 Å². The molecule has 1 heterocycles. The topological polar surface area (TPSA) is 58.9 Å². The van der Waals surface area contributed by atoms with E-state index in [0.29, 0.717) is 23.0 Å². The van der Waals surface area contributed by atoms with Crippen LogP contribution in [0.25, 0.3) is 34.2 Å². The Morgan fingerprint density at radius 3 is 1.15 bits per heavy atom. The molecule has 0 bridgehead atoms. The Morgan fingerprint density at radius 2 is 0.794 bits per heavy atom. The third-order valence-electron chi connectivity index (χ3n) is 5.28. The molecule has 0 saturated heterocycles. The van der Waals surface area contributed by atoms with Crippen molar-refractivity contribution in [2.24, 2.45) is 0 Å². The lowest BCUT2D eigenvalue weighted by Gasteiger charge is -2.12. The molecule has 0 aliphatic rings. The van der Waals surface area contributed by atoms with E-state index >= 15 is 0 Å². The van der Waals surface area contributed by atoms with Gasteiger partial charge in [-0.25, -0.2) is 15.0 Å². The third kappa shape index (κ3) is 6.07. The molecule has 0 saturated carbocycles. The molecule has 34 heavy (non-hydrogen) atoms. The number of nitrogens with zero attached hydrogens (tertiary/aromatic N) is 3. The smallest absolute Gasteiger partial charge is 0.167 e. The summed E-state index contributed by atoms with van der Waals surface area (Å²) in [7, 11) is 0. The Hall–Kier alpha value is -3.53. The number of hydrogen-bond donors (Lipinski definition) is 1. The highest BCUT2D eigenvalue weighted by Gasteiger charge is 2.16. The van der Waals surface area contributed by atoms with Crippen LogP contribution >= 0.6 is 0 Å². The van der Waals surface area contributed by atoms with Crippen LogP contribution < -0.4 is 0 Å². The monoisotopic (exact) mass is 455 g/mol. The molecular formula is C30H37N3O. The first kappa shape index (κ1) is 26.7. The average Bonchev–Trinajstić information content (AvgIpc) is 2.81. The second-order valence-electron chi connectivity index (χ2n) is 7.96. The van der Waals surface area contributed by atoms with Gasteiger partial charge in [0.15, 0.2) is 17.5 Å². The fraction of sp³-hybridized carbons (Fsp3) is 0.300. The van der Waals surface area contributed by atoms with Gasteiger partial charge in [0.25, 0.3) is 0 Å².